The topological polar surface area (TPSA) is 23.8 Å². The second-order valence-electron chi connectivity index (χ2n) is 4.21. The van der Waals surface area contributed by atoms with Gasteiger partial charge in [0, 0.05) is 0 Å². The standard InChI is InChI=1S/C16H19N/c1-3-5-12-16(14-17,13-6-4-2)15-10-8-7-9-11-15/h3-4,7-11H,1-2,5-6,12-13H2. The van der Waals surface area contributed by atoms with E-state index in [0.717, 1.165) is 31.2 Å². The second kappa shape index (κ2) is 6.70. The van der Waals surface area contributed by atoms with Crippen LogP contribution in [-0.4, -0.2) is 0 Å². The Labute approximate surface area is 104 Å². The number of allylic oxidation sites excluding steroid dienone is 2. The third-order valence-corrected chi connectivity index (χ3v) is 3.09. The minimum Gasteiger partial charge on any atom is -0.197 e. The fourth-order valence-electron chi connectivity index (χ4n) is 2.04. The van der Waals surface area contributed by atoms with Crippen molar-refractivity contribution in [1.82, 2.24) is 0 Å². The molecule has 0 aromatic heterocycles. The normalized spacial score (nSPS) is 10.5. The predicted octanol–water partition coefficient (Wildman–Crippen LogP) is 4.38. The first kappa shape index (κ1) is 13.3. The SMILES string of the molecule is C=CCCC(C#N)(CCC=C)c1ccccc1. The maximum absolute atomic E-state index is 9.56. The molecule has 0 saturated carbocycles. The lowest BCUT2D eigenvalue weighted by atomic mass is 9.74. The van der Waals surface area contributed by atoms with E-state index < -0.39 is 5.41 Å². The van der Waals surface area contributed by atoms with Gasteiger partial charge in [0.15, 0.2) is 0 Å². The van der Waals surface area contributed by atoms with Crippen LogP contribution in [0.1, 0.15) is 31.2 Å². The average Bonchev–Trinajstić information content (AvgIpc) is 2.41. The van der Waals surface area contributed by atoms with Gasteiger partial charge in [0.1, 0.15) is 0 Å². The fourth-order valence-corrected chi connectivity index (χ4v) is 2.04. The van der Waals surface area contributed by atoms with Gasteiger partial charge in [0.2, 0.25) is 0 Å². The van der Waals surface area contributed by atoms with Gasteiger partial charge >= 0.3 is 0 Å². The molecule has 0 radical (unpaired) electrons. The van der Waals surface area contributed by atoms with Crippen LogP contribution in [-0.2, 0) is 5.41 Å². The van der Waals surface area contributed by atoms with Crippen LogP contribution in [0.4, 0.5) is 0 Å². The van der Waals surface area contributed by atoms with Crippen LogP contribution in [0.2, 0.25) is 0 Å². The number of rotatable bonds is 7. The van der Waals surface area contributed by atoms with Crippen LogP contribution in [0.3, 0.4) is 0 Å². The molecular formula is C16H19N. The second-order valence-corrected chi connectivity index (χ2v) is 4.21. The molecule has 0 unspecified atom stereocenters. The molecule has 1 heteroatoms. The van der Waals surface area contributed by atoms with Gasteiger partial charge in [-0.05, 0) is 31.2 Å². The van der Waals surface area contributed by atoms with Crippen molar-refractivity contribution in [3.8, 4) is 6.07 Å². The Bertz CT molecular complexity index is 385. The van der Waals surface area contributed by atoms with E-state index in [1.165, 1.54) is 0 Å². The molecule has 1 nitrogen and oxygen atoms in total. The van der Waals surface area contributed by atoms with Gasteiger partial charge in [-0.15, -0.1) is 13.2 Å². The fraction of sp³-hybridized carbons (Fsp3) is 0.312. The molecule has 0 fully saturated rings. The number of benzene rings is 1. The molecule has 1 rings (SSSR count). The van der Waals surface area contributed by atoms with Crippen molar-refractivity contribution in [2.24, 2.45) is 0 Å². The molecule has 0 aliphatic rings. The van der Waals surface area contributed by atoms with Gasteiger partial charge in [-0.1, -0.05) is 42.5 Å². The summed E-state index contributed by atoms with van der Waals surface area (Å²) in [5.74, 6) is 0. The zero-order valence-electron chi connectivity index (χ0n) is 10.2. The van der Waals surface area contributed by atoms with Crippen LogP contribution < -0.4 is 0 Å². The van der Waals surface area contributed by atoms with Gasteiger partial charge < -0.3 is 0 Å². The molecular weight excluding hydrogens is 206 g/mol. The summed E-state index contributed by atoms with van der Waals surface area (Å²) in [4.78, 5) is 0. The van der Waals surface area contributed by atoms with E-state index in [9.17, 15) is 5.26 Å². The lowest BCUT2D eigenvalue weighted by Crippen LogP contribution is -2.23. The average molecular weight is 225 g/mol. The zero-order chi connectivity index (χ0) is 12.6. The molecule has 17 heavy (non-hydrogen) atoms. The molecule has 0 amide bonds. The van der Waals surface area contributed by atoms with E-state index in [4.69, 9.17) is 0 Å². The van der Waals surface area contributed by atoms with Gasteiger partial charge in [-0.2, -0.15) is 5.26 Å². The van der Waals surface area contributed by atoms with E-state index in [0.29, 0.717) is 0 Å². The van der Waals surface area contributed by atoms with Gasteiger partial charge in [0.05, 0.1) is 11.5 Å². The number of hydrogen-bond donors (Lipinski definition) is 0. The Hall–Kier alpha value is -1.81. The Kier molecular flexibility index (Phi) is 5.23. The maximum atomic E-state index is 9.56. The Balaban J connectivity index is 3.02. The summed E-state index contributed by atoms with van der Waals surface area (Å²) in [5, 5.41) is 9.56. The summed E-state index contributed by atoms with van der Waals surface area (Å²) in [6.07, 6.45) is 7.13. The number of hydrogen-bond acceptors (Lipinski definition) is 1. The summed E-state index contributed by atoms with van der Waals surface area (Å²) in [6.45, 7) is 7.48. The molecule has 1 aromatic carbocycles. The monoisotopic (exact) mass is 225 g/mol. The molecule has 0 atom stereocenters. The van der Waals surface area contributed by atoms with E-state index in [1.54, 1.807) is 0 Å². The first-order valence-electron chi connectivity index (χ1n) is 5.97. The van der Waals surface area contributed by atoms with Crippen LogP contribution >= 0.6 is 0 Å². The highest BCUT2D eigenvalue weighted by Crippen LogP contribution is 2.33. The van der Waals surface area contributed by atoms with E-state index in [1.807, 2.05) is 42.5 Å². The van der Waals surface area contributed by atoms with Crippen LogP contribution in [0.25, 0.3) is 0 Å². The molecule has 1 aromatic rings. The van der Waals surface area contributed by atoms with Gasteiger partial charge in [0.25, 0.3) is 0 Å². The summed E-state index contributed by atoms with van der Waals surface area (Å²) < 4.78 is 0. The first-order chi connectivity index (χ1) is 8.29. The number of nitrogens with zero attached hydrogens (tertiary/aromatic N) is 1. The van der Waals surface area contributed by atoms with Crippen molar-refractivity contribution in [1.29, 1.82) is 5.26 Å². The van der Waals surface area contributed by atoms with Gasteiger partial charge in [-0.3, -0.25) is 0 Å². The predicted molar refractivity (Wildman–Crippen MR) is 72.6 cm³/mol. The Morgan fingerprint density at radius 1 is 1.06 bits per heavy atom. The maximum Gasteiger partial charge on any atom is 0.0828 e. The minimum absolute atomic E-state index is 0.399. The van der Waals surface area contributed by atoms with E-state index in [-0.39, 0.29) is 0 Å². The quantitative estimate of drug-likeness (QED) is 0.632. The van der Waals surface area contributed by atoms with Crippen molar-refractivity contribution in [2.75, 3.05) is 0 Å². The summed E-state index contributed by atoms with van der Waals surface area (Å²) in [6, 6.07) is 12.5. The number of nitriles is 1. The van der Waals surface area contributed by atoms with Crippen molar-refractivity contribution >= 4 is 0 Å². The molecule has 0 saturated heterocycles. The highest BCUT2D eigenvalue weighted by molar-refractivity contribution is 5.32. The minimum atomic E-state index is -0.399. The van der Waals surface area contributed by atoms with Gasteiger partial charge in [-0.25, -0.2) is 0 Å². The Morgan fingerprint density at radius 3 is 2.00 bits per heavy atom. The zero-order valence-corrected chi connectivity index (χ0v) is 10.2. The Morgan fingerprint density at radius 2 is 1.59 bits per heavy atom. The summed E-state index contributed by atoms with van der Waals surface area (Å²) in [5.41, 5.74) is 0.704. The van der Waals surface area contributed by atoms with Crippen molar-refractivity contribution in [2.45, 2.75) is 31.1 Å². The smallest absolute Gasteiger partial charge is 0.0828 e. The molecule has 0 aliphatic carbocycles. The molecule has 0 bridgehead atoms. The summed E-state index contributed by atoms with van der Waals surface area (Å²) in [7, 11) is 0. The third kappa shape index (κ3) is 3.32. The van der Waals surface area contributed by atoms with Crippen LogP contribution in [0.5, 0.6) is 0 Å². The first-order valence-corrected chi connectivity index (χ1v) is 5.97. The van der Waals surface area contributed by atoms with Crippen LogP contribution in [0, 0.1) is 11.3 Å². The molecule has 0 spiro atoms. The lowest BCUT2D eigenvalue weighted by molar-refractivity contribution is 0.473. The summed E-state index contributed by atoms with van der Waals surface area (Å²) >= 11 is 0. The molecule has 0 aliphatic heterocycles. The van der Waals surface area contributed by atoms with Crippen molar-refractivity contribution in [3.63, 3.8) is 0 Å². The lowest BCUT2D eigenvalue weighted by Gasteiger charge is -2.26. The molecule has 0 N–H and O–H groups in total. The third-order valence-electron chi connectivity index (χ3n) is 3.09. The van der Waals surface area contributed by atoms with Crippen LogP contribution in [0.15, 0.2) is 55.6 Å². The van der Waals surface area contributed by atoms with Crippen molar-refractivity contribution < 1.29 is 0 Å². The van der Waals surface area contributed by atoms with E-state index in [2.05, 4.69) is 19.2 Å². The molecule has 88 valence electrons. The largest absolute Gasteiger partial charge is 0.197 e. The highest BCUT2D eigenvalue weighted by Gasteiger charge is 2.30. The van der Waals surface area contributed by atoms with Crippen molar-refractivity contribution in [3.05, 3.63) is 61.2 Å². The molecule has 0 heterocycles. The highest BCUT2D eigenvalue weighted by atomic mass is 14.4. The van der Waals surface area contributed by atoms with E-state index >= 15 is 0 Å².